The Balaban J connectivity index is 0.00000289. The maximum atomic E-state index is 12.1. The number of hydrogen-bond acceptors (Lipinski definition) is 2. The lowest BCUT2D eigenvalue weighted by Crippen LogP contribution is -2.55. The molecule has 1 unspecified atom stereocenters. The number of hydrogen-bond donors (Lipinski definition) is 2. The van der Waals surface area contributed by atoms with E-state index in [9.17, 15) is 4.79 Å². The molecule has 0 aliphatic carbocycles. The van der Waals surface area contributed by atoms with Crippen molar-refractivity contribution in [2.45, 2.75) is 26.3 Å². The van der Waals surface area contributed by atoms with Crippen LogP contribution in [0.4, 0.5) is 0 Å². The zero-order valence-corrected chi connectivity index (χ0v) is 13.8. The normalized spacial score (nSPS) is 13.7. The van der Waals surface area contributed by atoms with E-state index < -0.39 is 0 Å². The summed E-state index contributed by atoms with van der Waals surface area (Å²) in [5.74, 6) is 0.226. The average molecular weight is 383 g/mol. The van der Waals surface area contributed by atoms with Crippen molar-refractivity contribution in [3.05, 3.63) is 33.4 Å². The van der Waals surface area contributed by atoms with Crippen LogP contribution in [-0.2, 0) is 0 Å². The number of carbonyl (C=O) groups excluding carboxylic acids is 1. The minimum Gasteiger partial charge on any atom is -0.345 e. The molecule has 5 heteroatoms. The fraction of sp³-hybridized carbons (Fsp3) is 0.462. The number of nitrogens with one attached hydrogen (secondary N) is 1. The molecule has 0 saturated heterocycles. The highest BCUT2D eigenvalue weighted by Crippen LogP contribution is 2.16. The molecule has 102 valence electrons. The van der Waals surface area contributed by atoms with Gasteiger partial charge >= 0.3 is 0 Å². The molecular weight excluding hydrogens is 363 g/mol. The van der Waals surface area contributed by atoms with E-state index in [1.165, 1.54) is 0 Å². The molecule has 1 rings (SSSR count). The summed E-state index contributed by atoms with van der Waals surface area (Å²) < 4.78 is 1.05. The van der Waals surface area contributed by atoms with Gasteiger partial charge in [0.05, 0.1) is 5.54 Å². The molecule has 0 fully saturated rings. The predicted molar refractivity (Wildman–Crippen MR) is 86.2 cm³/mol. The van der Waals surface area contributed by atoms with Gasteiger partial charge in [0, 0.05) is 15.7 Å². The van der Waals surface area contributed by atoms with Gasteiger partial charge < -0.3 is 11.1 Å². The largest absolute Gasteiger partial charge is 0.345 e. The number of nitrogens with two attached hydrogens (primary N) is 1. The van der Waals surface area contributed by atoms with Crippen molar-refractivity contribution in [2.75, 3.05) is 6.54 Å². The highest BCUT2D eigenvalue weighted by molar-refractivity contribution is 14.1. The molecule has 0 aromatic heterocycles. The third-order valence-electron chi connectivity index (χ3n) is 3.18. The van der Waals surface area contributed by atoms with E-state index >= 15 is 0 Å². The lowest BCUT2D eigenvalue weighted by Gasteiger charge is -2.33. The number of carbonyl (C=O) groups is 1. The van der Waals surface area contributed by atoms with Crippen molar-refractivity contribution in [1.82, 2.24) is 5.32 Å². The molecule has 0 saturated carbocycles. The summed E-state index contributed by atoms with van der Waals surface area (Å²) in [6.45, 7) is 6.52. The van der Waals surface area contributed by atoms with Crippen LogP contribution in [0.1, 0.15) is 31.1 Å². The Morgan fingerprint density at radius 3 is 2.56 bits per heavy atom. The van der Waals surface area contributed by atoms with Gasteiger partial charge in [-0.05, 0) is 53.6 Å². The maximum absolute atomic E-state index is 12.1. The Morgan fingerprint density at radius 1 is 1.50 bits per heavy atom. The van der Waals surface area contributed by atoms with Gasteiger partial charge in [-0.3, -0.25) is 4.79 Å². The van der Waals surface area contributed by atoms with Crippen molar-refractivity contribution in [3.63, 3.8) is 0 Å². The van der Waals surface area contributed by atoms with Gasteiger partial charge in [0.25, 0.3) is 5.91 Å². The Kier molecular flexibility index (Phi) is 7.17. The number of benzene rings is 1. The molecule has 0 bridgehead atoms. The van der Waals surface area contributed by atoms with Gasteiger partial charge in [-0.2, -0.15) is 0 Å². The zero-order chi connectivity index (χ0) is 13.1. The van der Waals surface area contributed by atoms with E-state index in [1.54, 1.807) is 0 Å². The van der Waals surface area contributed by atoms with Crippen LogP contribution in [0.5, 0.6) is 0 Å². The molecule has 1 aromatic carbocycles. The van der Waals surface area contributed by atoms with Crippen LogP contribution < -0.4 is 11.1 Å². The quantitative estimate of drug-likeness (QED) is 0.787. The molecule has 3 nitrogen and oxygen atoms in total. The van der Waals surface area contributed by atoms with Crippen molar-refractivity contribution in [2.24, 2.45) is 11.7 Å². The first-order valence-corrected chi connectivity index (χ1v) is 6.75. The molecule has 0 radical (unpaired) electrons. The fourth-order valence-electron chi connectivity index (χ4n) is 1.39. The van der Waals surface area contributed by atoms with Crippen molar-refractivity contribution < 1.29 is 4.79 Å². The van der Waals surface area contributed by atoms with Crippen LogP contribution in [0.2, 0.25) is 0 Å². The van der Waals surface area contributed by atoms with E-state index in [4.69, 9.17) is 5.73 Å². The SMILES string of the molecule is CC(C)C(C)(CN)NC(=O)c1cccc(I)c1.Cl. The smallest absolute Gasteiger partial charge is 0.251 e. The number of halogens is 2. The summed E-state index contributed by atoms with van der Waals surface area (Å²) in [6, 6.07) is 7.52. The molecule has 18 heavy (non-hydrogen) atoms. The molecule has 0 aliphatic heterocycles. The van der Waals surface area contributed by atoms with Gasteiger partial charge in [0.2, 0.25) is 0 Å². The number of rotatable bonds is 4. The Bertz CT molecular complexity index is 412. The van der Waals surface area contributed by atoms with Crippen molar-refractivity contribution in [3.8, 4) is 0 Å². The summed E-state index contributed by atoms with van der Waals surface area (Å²) in [6.07, 6.45) is 0. The van der Waals surface area contributed by atoms with E-state index in [2.05, 4.69) is 41.8 Å². The van der Waals surface area contributed by atoms with Crippen LogP contribution >= 0.6 is 35.0 Å². The fourth-order valence-corrected chi connectivity index (χ4v) is 1.94. The van der Waals surface area contributed by atoms with Gasteiger partial charge in [-0.25, -0.2) is 0 Å². The molecular formula is C13H20ClIN2O. The van der Waals surface area contributed by atoms with Crippen LogP contribution in [0.3, 0.4) is 0 Å². The minimum atomic E-state index is -0.363. The summed E-state index contributed by atoms with van der Waals surface area (Å²) in [4.78, 5) is 12.1. The Morgan fingerprint density at radius 2 is 2.11 bits per heavy atom. The van der Waals surface area contributed by atoms with Gasteiger partial charge in [-0.1, -0.05) is 19.9 Å². The van der Waals surface area contributed by atoms with Crippen molar-refractivity contribution >= 4 is 40.9 Å². The molecule has 1 amide bonds. The third kappa shape index (κ3) is 4.40. The highest BCUT2D eigenvalue weighted by Gasteiger charge is 2.28. The molecule has 0 spiro atoms. The van der Waals surface area contributed by atoms with Crippen LogP contribution in [0.15, 0.2) is 24.3 Å². The molecule has 1 aromatic rings. The van der Waals surface area contributed by atoms with Crippen molar-refractivity contribution in [1.29, 1.82) is 0 Å². The Labute approximate surface area is 128 Å². The average Bonchev–Trinajstić information content (AvgIpc) is 2.28. The Hall–Kier alpha value is -0.330. The lowest BCUT2D eigenvalue weighted by atomic mass is 9.88. The molecule has 1 atom stereocenters. The second-order valence-electron chi connectivity index (χ2n) is 4.74. The van der Waals surface area contributed by atoms with Gasteiger partial charge in [0.15, 0.2) is 0 Å². The molecule has 0 heterocycles. The number of amides is 1. The van der Waals surface area contributed by atoms with E-state index in [0.29, 0.717) is 18.0 Å². The predicted octanol–water partition coefficient (Wildman–Crippen LogP) is 2.82. The summed E-state index contributed by atoms with van der Waals surface area (Å²) in [5.41, 5.74) is 6.06. The summed E-state index contributed by atoms with van der Waals surface area (Å²) in [5, 5.41) is 3.02. The monoisotopic (exact) mass is 382 g/mol. The highest BCUT2D eigenvalue weighted by atomic mass is 127. The minimum absolute atomic E-state index is 0. The van der Waals surface area contributed by atoms with Crippen LogP contribution in [0, 0.1) is 9.49 Å². The van der Waals surface area contributed by atoms with Crippen LogP contribution in [-0.4, -0.2) is 18.0 Å². The summed E-state index contributed by atoms with van der Waals surface area (Å²) in [7, 11) is 0. The first-order valence-electron chi connectivity index (χ1n) is 5.67. The maximum Gasteiger partial charge on any atom is 0.251 e. The van der Waals surface area contributed by atoms with Crippen LogP contribution in [0.25, 0.3) is 0 Å². The topological polar surface area (TPSA) is 55.1 Å². The first kappa shape index (κ1) is 17.7. The second-order valence-corrected chi connectivity index (χ2v) is 5.99. The van der Waals surface area contributed by atoms with Gasteiger partial charge in [0.1, 0.15) is 0 Å². The second kappa shape index (κ2) is 7.31. The first-order chi connectivity index (χ1) is 7.89. The van der Waals surface area contributed by atoms with E-state index in [0.717, 1.165) is 3.57 Å². The lowest BCUT2D eigenvalue weighted by molar-refractivity contribution is 0.0883. The zero-order valence-electron chi connectivity index (χ0n) is 10.9. The molecule has 0 aliphatic rings. The standard InChI is InChI=1S/C13H19IN2O.ClH/c1-9(2)13(3,8-15)16-12(17)10-5-4-6-11(14)7-10;/h4-7,9H,8,15H2,1-3H3,(H,16,17);1H. The van der Waals surface area contributed by atoms with E-state index in [1.807, 2.05) is 31.2 Å². The summed E-state index contributed by atoms with van der Waals surface area (Å²) >= 11 is 2.19. The molecule has 3 N–H and O–H groups in total. The third-order valence-corrected chi connectivity index (χ3v) is 3.86. The van der Waals surface area contributed by atoms with Gasteiger partial charge in [-0.15, -0.1) is 12.4 Å². The van der Waals surface area contributed by atoms with E-state index in [-0.39, 0.29) is 23.9 Å².